The first-order valence-electron chi connectivity index (χ1n) is 6.82. The average Bonchev–Trinajstić information content (AvgIpc) is 2.66. The Balaban J connectivity index is 2.18. The van der Waals surface area contributed by atoms with E-state index in [9.17, 15) is 5.11 Å². The molecule has 0 radical (unpaired) electrons. The van der Waals surface area contributed by atoms with E-state index in [1.54, 1.807) is 7.11 Å². The Labute approximate surface area is 109 Å². The van der Waals surface area contributed by atoms with Gasteiger partial charge in [-0.05, 0) is 25.0 Å². The quantitative estimate of drug-likeness (QED) is 0.805. The number of para-hydroxylation sites is 2. The SMILES string of the molecule is COc1ccccc1NC1(CO)CCCCCC1. The molecule has 3 heteroatoms. The zero-order valence-corrected chi connectivity index (χ0v) is 11.1. The number of aliphatic hydroxyl groups excluding tert-OH is 1. The zero-order chi connectivity index (χ0) is 12.8. The summed E-state index contributed by atoms with van der Waals surface area (Å²) in [5.41, 5.74) is 0.807. The topological polar surface area (TPSA) is 41.5 Å². The van der Waals surface area contributed by atoms with Gasteiger partial charge in [-0.3, -0.25) is 0 Å². The Morgan fingerprint density at radius 2 is 1.83 bits per heavy atom. The Bertz CT molecular complexity index is 371. The predicted octanol–water partition coefficient (Wildman–Crippen LogP) is 3.19. The summed E-state index contributed by atoms with van der Waals surface area (Å²) >= 11 is 0. The maximum absolute atomic E-state index is 9.79. The molecule has 2 N–H and O–H groups in total. The van der Waals surface area contributed by atoms with Crippen molar-refractivity contribution in [2.75, 3.05) is 19.0 Å². The molecule has 2 rings (SSSR count). The van der Waals surface area contributed by atoms with E-state index < -0.39 is 0 Å². The van der Waals surface area contributed by atoms with E-state index in [-0.39, 0.29) is 12.1 Å². The molecule has 0 aliphatic heterocycles. The number of hydrogen-bond donors (Lipinski definition) is 2. The van der Waals surface area contributed by atoms with Crippen LogP contribution >= 0.6 is 0 Å². The van der Waals surface area contributed by atoms with Gasteiger partial charge in [0.15, 0.2) is 0 Å². The molecule has 0 aromatic heterocycles. The molecule has 1 aliphatic rings. The van der Waals surface area contributed by atoms with E-state index in [2.05, 4.69) is 5.32 Å². The third kappa shape index (κ3) is 2.96. The lowest BCUT2D eigenvalue weighted by Gasteiger charge is -2.33. The van der Waals surface area contributed by atoms with Crippen LogP contribution in [0.4, 0.5) is 5.69 Å². The van der Waals surface area contributed by atoms with Gasteiger partial charge in [0, 0.05) is 0 Å². The Hall–Kier alpha value is -1.22. The molecule has 0 amide bonds. The van der Waals surface area contributed by atoms with Crippen LogP contribution in [0.25, 0.3) is 0 Å². The number of methoxy groups -OCH3 is 1. The van der Waals surface area contributed by atoms with Gasteiger partial charge < -0.3 is 15.2 Å². The van der Waals surface area contributed by atoms with E-state index in [1.165, 1.54) is 25.7 Å². The van der Waals surface area contributed by atoms with Gasteiger partial charge in [-0.2, -0.15) is 0 Å². The highest BCUT2D eigenvalue weighted by Gasteiger charge is 2.30. The van der Waals surface area contributed by atoms with E-state index in [0.717, 1.165) is 24.3 Å². The van der Waals surface area contributed by atoms with E-state index in [0.29, 0.717) is 0 Å². The number of benzene rings is 1. The maximum atomic E-state index is 9.79. The molecule has 3 nitrogen and oxygen atoms in total. The molecular weight excluding hydrogens is 226 g/mol. The second kappa shape index (κ2) is 6.10. The number of rotatable bonds is 4. The summed E-state index contributed by atoms with van der Waals surface area (Å²) in [6, 6.07) is 7.92. The minimum atomic E-state index is -0.175. The molecular formula is C15H23NO2. The van der Waals surface area contributed by atoms with Crippen molar-refractivity contribution in [3.63, 3.8) is 0 Å². The first kappa shape index (κ1) is 13.2. The summed E-state index contributed by atoms with van der Waals surface area (Å²) < 4.78 is 5.36. The lowest BCUT2D eigenvalue weighted by atomic mass is 9.90. The van der Waals surface area contributed by atoms with Gasteiger partial charge in [-0.15, -0.1) is 0 Å². The summed E-state index contributed by atoms with van der Waals surface area (Å²) in [5, 5.41) is 13.3. The van der Waals surface area contributed by atoms with Crippen LogP contribution in [-0.2, 0) is 0 Å². The van der Waals surface area contributed by atoms with E-state index in [1.807, 2.05) is 24.3 Å². The maximum Gasteiger partial charge on any atom is 0.141 e. The number of nitrogens with one attached hydrogen (secondary N) is 1. The fourth-order valence-electron chi connectivity index (χ4n) is 2.76. The average molecular weight is 249 g/mol. The Morgan fingerprint density at radius 1 is 1.17 bits per heavy atom. The minimum absolute atomic E-state index is 0.175. The van der Waals surface area contributed by atoms with Crippen LogP contribution in [0.1, 0.15) is 38.5 Å². The smallest absolute Gasteiger partial charge is 0.141 e. The van der Waals surface area contributed by atoms with Crippen LogP contribution in [0, 0.1) is 0 Å². The van der Waals surface area contributed by atoms with Crippen LogP contribution in [0.2, 0.25) is 0 Å². The molecule has 18 heavy (non-hydrogen) atoms. The lowest BCUT2D eigenvalue weighted by Crippen LogP contribution is -2.41. The second-order valence-corrected chi connectivity index (χ2v) is 5.18. The first-order valence-corrected chi connectivity index (χ1v) is 6.82. The molecule has 1 saturated carbocycles. The van der Waals surface area contributed by atoms with Crippen LogP contribution < -0.4 is 10.1 Å². The van der Waals surface area contributed by atoms with Gasteiger partial charge >= 0.3 is 0 Å². The molecule has 1 aromatic carbocycles. The van der Waals surface area contributed by atoms with Gasteiger partial charge in [0.25, 0.3) is 0 Å². The van der Waals surface area contributed by atoms with E-state index in [4.69, 9.17) is 4.74 Å². The van der Waals surface area contributed by atoms with Crippen molar-refractivity contribution in [1.82, 2.24) is 0 Å². The molecule has 0 heterocycles. The number of ether oxygens (including phenoxy) is 1. The van der Waals surface area contributed by atoms with Gasteiger partial charge in [-0.1, -0.05) is 37.8 Å². The van der Waals surface area contributed by atoms with Crippen molar-refractivity contribution in [3.8, 4) is 5.75 Å². The van der Waals surface area contributed by atoms with E-state index >= 15 is 0 Å². The van der Waals surface area contributed by atoms with Gasteiger partial charge in [0.1, 0.15) is 5.75 Å². The lowest BCUT2D eigenvalue weighted by molar-refractivity contribution is 0.195. The number of aliphatic hydroxyl groups is 1. The zero-order valence-electron chi connectivity index (χ0n) is 11.1. The van der Waals surface area contributed by atoms with Gasteiger partial charge in [0.2, 0.25) is 0 Å². The minimum Gasteiger partial charge on any atom is -0.495 e. The van der Waals surface area contributed by atoms with Crippen molar-refractivity contribution < 1.29 is 9.84 Å². The molecule has 0 saturated heterocycles. The van der Waals surface area contributed by atoms with Gasteiger partial charge in [-0.25, -0.2) is 0 Å². The Morgan fingerprint density at radius 3 is 2.44 bits per heavy atom. The summed E-state index contributed by atoms with van der Waals surface area (Å²) in [4.78, 5) is 0. The molecule has 0 atom stereocenters. The van der Waals surface area contributed by atoms with Crippen molar-refractivity contribution in [3.05, 3.63) is 24.3 Å². The van der Waals surface area contributed by atoms with Crippen LogP contribution in [0.3, 0.4) is 0 Å². The molecule has 1 aliphatic carbocycles. The second-order valence-electron chi connectivity index (χ2n) is 5.18. The molecule has 100 valence electrons. The number of anilines is 1. The third-order valence-corrected chi connectivity index (χ3v) is 3.87. The van der Waals surface area contributed by atoms with Crippen LogP contribution in [0.5, 0.6) is 5.75 Å². The predicted molar refractivity (Wildman–Crippen MR) is 74.1 cm³/mol. The summed E-state index contributed by atoms with van der Waals surface area (Å²) in [7, 11) is 1.68. The van der Waals surface area contributed by atoms with Crippen molar-refractivity contribution >= 4 is 5.69 Å². The molecule has 1 fully saturated rings. The first-order chi connectivity index (χ1) is 8.79. The summed E-state index contributed by atoms with van der Waals surface area (Å²) in [6.45, 7) is 0.186. The normalized spacial score (nSPS) is 19.0. The fraction of sp³-hybridized carbons (Fsp3) is 0.600. The monoisotopic (exact) mass is 249 g/mol. The molecule has 0 bridgehead atoms. The summed E-state index contributed by atoms with van der Waals surface area (Å²) in [6.07, 6.45) is 6.97. The van der Waals surface area contributed by atoms with Crippen molar-refractivity contribution in [2.24, 2.45) is 0 Å². The standard InChI is InChI=1S/C15H23NO2/c1-18-14-9-5-4-8-13(14)16-15(12-17)10-6-2-3-7-11-15/h4-5,8-9,16-17H,2-3,6-7,10-12H2,1H3. The number of hydrogen-bond acceptors (Lipinski definition) is 3. The third-order valence-electron chi connectivity index (χ3n) is 3.87. The Kier molecular flexibility index (Phi) is 4.48. The molecule has 0 spiro atoms. The highest BCUT2D eigenvalue weighted by atomic mass is 16.5. The fourth-order valence-corrected chi connectivity index (χ4v) is 2.76. The van der Waals surface area contributed by atoms with Crippen molar-refractivity contribution in [2.45, 2.75) is 44.1 Å². The summed E-state index contributed by atoms with van der Waals surface area (Å²) in [5.74, 6) is 0.842. The van der Waals surface area contributed by atoms with Gasteiger partial charge in [0.05, 0.1) is 24.9 Å². The largest absolute Gasteiger partial charge is 0.495 e. The highest BCUT2D eigenvalue weighted by Crippen LogP contribution is 2.33. The van der Waals surface area contributed by atoms with Crippen LogP contribution in [0.15, 0.2) is 24.3 Å². The highest BCUT2D eigenvalue weighted by molar-refractivity contribution is 5.57. The molecule has 1 aromatic rings. The van der Waals surface area contributed by atoms with Crippen molar-refractivity contribution in [1.29, 1.82) is 0 Å². The molecule has 0 unspecified atom stereocenters. The van der Waals surface area contributed by atoms with Crippen LogP contribution in [-0.4, -0.2) is 24.4 Å².